The molecule has 6 amide bonds. The molecule has 4 heterocycles. The molecule has 14 nitrogen and oxygen atoms in total. The van der Waals surface area contributed by atoms with Gasteiger partial charge in [-0.15, -0.1) is 22.7 Å². The van der Waals surface area contributed by atoms with Gasteiger partial charge in [-0.2, -0.15) is 0 Å². The molecular formula is C36H44N8O6S2. The molecule has 276 valence electrons. The first-order valence-electron chi connectivity index (χ1n) is 17.0. The number of nitrogens with one attached hydrogen (secondary N) is 4. The molecule has 1 aromatic carbocycles. The van der Waals surface area contributed by atoms with Crippen LogP contribution in [0.5, 0.6) is 0 Å². The Balaban J connectivity index is 1.46. The number of para-hydroxylation sites is 1. The lowest BCUT2D eigenvalue weighted by atomic mass is 10.0. The molecule has 0 saturated carbocycles. The smallest absolute Gasteiger partial charge is 0.271 e. The van der Waals surface area contributed by atoms with E-state index in [9.17, 15) is 28.8 Å². The summed E-state index contributed by atoms with van der Waals surface area (Å²) >= 11 is 2.46. The number of aromatic nitrogens is 2. The van der Waals surface area contributed by atoms with Crippen molar-refractivity contribution in [3.63, 3.8) is 0 Å². The van der Waals surface area contributed by atoms with Crippen molar-refractivity contribution >= 4 is 69.0 Å². The average molecular weight is 749 g/mol. The number of thiazole rings is 1. The number of benzene rings is 1. The predicted octanol–water partition coefficient (Wildman–Crippen LogP) is 2.81. The van der Waals surface area contributed by atoms with Crippen LogP contribution in [0.2, 0.25) is 0 Å². The normalized spacial score (nSPS) is 20.5. The molecule has 0 unspecified atom stereocenters. The Bertz CT molecular complexity index is 1920. The van der Waals surface area contributed by atoms with Crippen LogP contribution >= 0.6 is 22.7 Å². The van der Waals surface area contributed by atoms with Gasteiger partial charge in [0.15, 0.2) is 0 Å². The van der Waals surface area contributed by atoms with Gasteiger partial charge in [0.2, 0.25) is 23.6 Å². The summed E-state index contributed by atoms with van der Waals surface area (Å²) in [6.45, 7) is 5.05. The molecule has 3 atom stereocenters. The summed E-state index contributed by atoms with van der Waals surface area (Å²) in [6.07, 6.45) is 2.43. The maximum atomic E-state index is 13.9. The van der Waals surface area contributed by atoms with Gasteiger partial charge in [0.25, 0.3) is 11.8 Å². The highest BCUT2D eigenvalue weighted by atomic mass is 32.1. The van der Waals surface area contributed by atoms with Crippen LogP contribution in [0.15, 0.2) is 53.4 Å². The third-order valence-corrected chi connectivity index (χ3v) is 10.6. The van der Waals surface area contributed by atoms with Crippen LogP contribution in [0, 0.1) is 5.92 Å². The molecule has 0 saturated heterocycles. The second-order valence-corrected chi connectivity index (χ2v) is 15.2. The Labute approximate surface area is 309 Å². The van der Waals surface area contributed by atoms with E-state index in [-0.39, 0.29) is 50.1 Å². The number of hydrogen-bond acceptors (Lipinski definition) is 9. The second kappa shape index (κ2) is 17.0. The highest BCUT2D eigenvalue weighted by Crippen LogP contribution is 2.26. The molecule has 0 aliphatic carbocycles. The van der Waals surface area contributed by atoms with E-state index < -0.39 is 47.7 Å². The summed E-state index contributed by atoms with van der Waals surface area (Å²) in [5, 5.41) is 13.2. The molecule has 16 heteroatoms. The first-order valence-corrected chi connectivity index (χ1v) is 18.8. The summed E-state index contributed by atoms with van der Waals surface area (Å²) in [4.78, 5) is 93.3. The van der Waals surface area contributed by atoms with Gasteiger partial charge in [0.1, 0.15) is 22.8 Å². The van der Waals surface area contributed by atoms with Gasteiger partial charge in [-0.05, 0) is 42.3 Å². The fourth-order valence-corrected chi connectivity index (χ4v) is 7.59. The predicted molar refractivity (Wildman–Crippen MR) is 199 cm³/mol. The molecule has 3 aromatic heterocycles. The third kappa shape index (κ3) is 9.41. The molecule has 1 aliphatic rings. The zero-order valence-corrected chi connectivity index (χ0v) is 31.4. The van der Waals surface area contributed by atoms with Crippen molar-refractivity contribution in [2.24, 2.45) is 5.92 Å². The largest absolute Gasteiger partial charge is 0.361 e. The number of rotatable bonds is 5. The van der Waals surface area contributed by atoms with Crippen molar-refractivity contribution in [2.45, 2.75) is 51.7 Å². The topological polar surface area (TPSA) is 177 Å². The molecular weight excluding hydrogens is 705 g/mol. The van der Waals surface area contributed by atoms with Crippen molar-refractivity contribution in [2.75, 3.05) is 40.3 Å². The van der Waals surface area contributed by atoms with Crippen LogP contribution in [0.25, 0.3) is 10.9 Å². The van der Waals surface area contributed by atoms with Crippen molar-refractivity contribution in [1.29, 1.82) is 0 Å². The van der Waals surface area contributed by atoms with E-state index in [4.69, 9.17) is 0 Å². The molecule has 0 fully saturated rings. The number of fused-ring (bicyclic) bond motifs is 3. The molecule has 0 radical (unpaired) electrons. The fourth-order valence-electron chi connectivity index (χ4n) is 6.04. The summed E-state index contributed by atoms with van der Waals surface area (Å²) in [5.74, 6) is -2.71. The lowest BCUT2D eigenvalue weighted by Crippen LogP contribution is -2.53. The minimum Gasteiger partial charge on any atom is -0.361 e. The maximum Gasteiger partial charge on any atom is 0.271 e. The van der Waals surface area contributed by atoms with Gasteiger partial charge in [-0.25, -0.2) is 4.98 Å². The number of H-pyrrole nitrogens is 1. The minimum atomic E-state index is -1.06. The van der Waals surface area contributed by atoms with Gasteiger partial charge in [-0.1, -0.05) is 38.1 Å². The van der Waals surface area contributed by atoms with E-state index in [0.717, 1.165) is 16.5 Å². The first kappa shape index (κ1) is 38.1. The molecule has 2 bridgehead atoms. The monoisotopic (exact) mass is 748 g/mol. The van der Waals surface area contributed by atoms with Crippen molar-refractivity contribution in [3.8, 4) is 0 Å². The Morgan fingerprint density at radius 3 is 2.37 bits per heavy atom. The van der Waals surface area contributed by atoms with E-state index in [1.807, 2.05) is 38.1 Å². The number of nitrogens with zero attached hydrogens (tertiary/aromatic N) is 4. The highest BCUT2D eigenvalue weighted by molar-refractivity contribution is 7.12. The Kier molecular flexibility index (Phi) is 12.4. The van der Waals surface area contributed by atoms with Crippen LogP contribution in [-0.4, -0.2) is 112 Å². The molecule has 52 heavy (non-hydrogen) atoms. The quantitative estimate of drug-likeness (QED) is 0.243. The second-order valence-electron chi connectivity index (χ2n) is 13.4. The van der Waals surface area contributed by atoms with E-state index in [1.165, 1.54) is 51.3 Å². The average Bonchev–Trinajstić information content (AvgIpc) is 3.90. The van der Waals surface area contributed by atoms with Crippen LogP contribution < -0.4 is 16.0 Å². The number of amides is 6. The van der Waals surface area contributed by atoms with Crippen molar-refractivity contribution in [3.05, 3.63) is 74.5 Å². The lowest BCUT2D eigenvalue weighted by molar-refractivity contribution is -0.138. The number of hydrogen-bond donors (Lipinski definition) is 4. The van der Waals surface area contributed by atoms with E-state index >= 15 is 0 Å². The standard InChI is InChI=1S/C36H44N8O6S2/c1-21(2)15-26-33-41-28(20-52-33)32(47)40-27(16-23-17-37-25-10-7-6-9-24(23)25)35(49)43(5)18-30(45)38-22(3)34(48)42(4)12-13-44(19-31(46)39-26)36(50)29-11-8-14-51-29/h6-11,14,17,20-22,26-27,37H,12-13,15-16,18-19H2,1-5H3,(H,38,45)(H,39,46)(H,40,47)/t22-,26-,27+/m0/s1. The number of thiophene rings is 1. The van der Waals surface area contributed by atoms with Gasteiger partial charge in [0, 0.05) is 56.1 Å². The van der Waals surface area contributed by atoms with Gasteiger partial charge in [-0.3, -0.25) is 28.8 Å². The highest BCUT2D eigenvalue weighted by Gasteiger charge is 2.30. The number of likely N-dealkylation sites (N-methyl/N-ethyl adjacent to an activating group) is 2. The molecule has 1 aliphatic heterocycles. The summed E-state index contributed by atoms with van der Waals surface area (Å²) < 4.78 is 0. The first-order chi connectivity index (χ1) is 24.8. The van der Waals surface area contributed by atoms with Gasteiger partial charge in [0.05, 0.1) is 24.0 Å². The third-order valence-electron chi connectivity index (χ3n) is 8.74. The van der Waals surface area contributed by atoms with Crippen molar-refractivity contribution < 1.29 is 28.8 Å². The molecule has 4 N–H and O–H groups in total. The van der Waals surface area contributed by atoms with E-state index in [1.54, 1.807) is 36.1 Å². The van der Waals surface area contributed by atoms with Crippen LogP contribution in [-0.2, 0) is 25.6 Å². The molecule has 0 spiro atoms. The lowest BCUT2D eigenvalue weighted by Gasteiger charge is -2.28. The number of carbonyl (C=O) groups excluding carboxylic acids is 6. The van der Waals surface area contributed by atoms with Crippen LogP contribution in [0.1, 0.15) is 64.0 Å². The van der Waals surface area contributed by atoms with E-state index in [2.05, 4.69) is 25.9 Å². The summed E-state index contributed by atoms with van der Waals surface area (Å²) in [5.41, 5.74) is 1.75. The zero-order valence-electron chi connectivity index (χ0n) is 29.8. The van der Waals surface area contributed by atoms with Gasteiger partial charge < -0.3 is 35.6 Å². The molecule has 4 aromatic rings. The summed E-state index contributed by atoms with van der Waals surface area (Å²) in [6, 6.07) is 8.46. The maximum absolute atomic E-state index is 13.9. The Morgan fingerprint density at radius 1 is 0.885 bits per heavy atom. The Morgan fingerprint density at radius 2 is 1.63 bits per heavy atom. The van der Waals surface area contributed by atoms with E-state index in [0.29, 0.717) is 16.3 Å². The van der Waals surface area contributed by atoms with Gasteiger partial charge >= 0.3 is 0 Å². The van der Waals surface area contributed by atoms with Crippen LogP contribution in [0.4, 0.5) is 0 Å². The van der Waals surface area contributed by atoms with Crippen molar-refractivity contribution in [1.82, 2.24) is 40.6 Å². The minimum absolute atomic E-state index is 0.0541. The van der Waals surface area contributed by atoms with Crippen LogP contribution in [0.3, 0.4) is 0 Å². The SMILES string of the molecule is CC(C)C[C@@H]1NC(=O)CN(C(=O)c2cccs2)CCN(C)C(=O)[C@H](C)NC(=O)CN(C)C(=O)[C@@H](Cc2c[nH]c3ccccc23)NC(=O)c2csc1n2. The number of carbonyl (C=O) groups is 6. The fraction of sp³-hybridized carbons (Fsp3) is 0.417. The zero-order chi connectivity index (χ0) is 37.5. The summed E-state index contributed by atoms with van der Waals surface area (Å²) in [7, 11) is 3.02. The molecule has 5 rings (SSSR count). The Hall–Kier alpha value is -5.09. The number of aromatic amines is 1.